The van der Waals surface area contributed by atoms with Gasteiger partial charge in [-0.3, -0.25) is 4.79 Å². The third-order valence-corrected chi connectivity index (χ3v) is 4.69. The molecule has 0 bridgehead atoms. The minimum absolute atomic E-state index is 0.0369. The summed E-state index contributed by atoms with van der Waals surface area (Å²) in [4.78, 5) is 18.6. The molecular weight excluding hydrogens is 311 g/mol. The zero-order chi connectivity index (χ0) is 15.0. The Kier molecular flexibility index (Phi) is 4.13. The minimum Gasteiger partial charge on any atom is -0.369 e. The second-order valence-corrected chi connectivity index (χ2v) is 6.22. The molecule has 3 heterocycles. The predicted octanol–water partition coefficient (Wildman–Crippen LogP) is 2.54. The van der Waals surface area contributed by atoms with Crippen LogP contribution in [0.2, 0.25) is 10.0 Å². The van der Waals surface area contributed by atoms with E-state index in [4.69, 9.17) is 23.2 Å². The van der Waals surface area contributed by atoms with Crippen molar-refractivity contribution in [2.24, 2.45) is 5.92 Å². The van der Waals surface area contributed by atoms with Crippen LogP contribution in [-0.4, -0.2) is 36.6 Å². The minimum atomic E-state index is 0.0369. The number of pyridine rings is 1. The van der Waals surface area contributed by atoms with Crippen LogP contribution in [0.3, 0.4) is 0 Å². The van der Waals surface area contributed by atoms with E-state index < -0.39 is 0 Å². The van der Waals surface area contributed by atoms with Crippen LogP contribution < -0.4 is 15.5 Å². The average Bonchev–Trinajstić information content (AvgIpc) is 2.84. The Labute approximate surface area is 134 Å². The van der Waals surface area contributed by atoms with Crippen LogP contribution in [0.25, 0.3) is 0 Å². The Balaban J connectivity index is 1.95. The highest BCUT2D eigenvalue weighted by Gasteiger charge is 2.41. The van der Waals surface area contributed by atoms with Gasteiger partial charge in [-0.2, -0.15) is 0 Å². The Morgan fingerprint density at radius 1 is 1.48 bits per heavy atom. The highest BCUT2D eigenvalue weighted by atomic mass is 35.5. The van der Waals surface area contributed by atoms with Crippen molar-refractivity contribution in [2.75, 3.05) is 29.9 Å². The second-order valence-electron chi connectivity index (χ2n) is 5.41. The van der Waals surface area contributed by atoms with Gasteiger partial charge >= 0.3 is 0 Å². The van der Waals surface area contributed by atoms with Crippen molar-refractivity contribution >= 4 is 40.7 Å². The number of piperidine rings is 1. The molecule has 3 rings (SSSR count). The normalized spacial score (nSPS) is 24.7. The van der Waals surface area contributed by atoms with Gasteiger partial charge in [-0.15, -0.1) is 0 Å². The fraction of sp³-hybridized carbons (Fsp3) is 0.571. The highest BCUT2D eigenvalue weighted by molar-refractivity contribution is 6.37. The summed E-state index contributed by atoms with van der Waals surface area (Å²) in [7, 11) is 0. The molecular formula is C14H18Cl2N4O. The topological polar surface area (TPSA) is 57.3 Å². The largest absolute Gasteiger partial charge is 0.369 e. The molecule has 0 spiro atoms. The van der Waals surface area contributed by atoms with Crippen molar-refractivity contribution < 1.29 is 4.79 Å². The molecule has 2 unspecified atom stereocenters. The Hall–Kier alpha value is -1.20. The molecule has 21 heavy (non-hydrogen) atoms. The van der Waals surface area contributed by atoms with Crippen molar-refractivity contribution in [3.8, 4) is 0 Å². The van der Waals surface area contributed by atoms with E-state index in [9.17, 15) is 4.79 Å². The van der Waals surface area contributed by atoms with Gasteiger partial charge in [-0.25, -0.2) is 4.98 Å². The van der Waals surface area contributed by atoms with E-state index in [1.807, 2.05) is 6.92 Å². The number of aromatic nitrogens is 1. The molecule has 114 valence electrons. The summed E-state index contributed by atoms with van der Waals surface area (Å²) >= 11 is 12.5. The van der Waals surface area contributed by atoms with Crippen LogP contribution in [0.1, 0.15) is 19.8 Å². The number of fused-ring (bicyclic) bond motifs is 1. The molecule has 2 fully saturated rings. The van der Waals surface area contributed by atoms with Gasteiger partial charge in [-0.1, -0.05) is 23.2 Å². The summed E-state index contributed by atoms with van der Waals surface area (Å²) in [6.07, 6.45) is 1.89. The number of carbonyl (C=O) groups excluding carboxylic acids is 1. The van der Waals surface area contributed by atoms with Crippen LogP contribution >= 0.6 is 23.2 Å². The maximum atomic E-state index is 11.9. The maximum Gasteiger partial charge on any atom is 0.225 e. The van der Waals surface area contributed by atoms with Gasteiger partial charge in [0.25, 0.3) is 0 Å². The van der Waals surface area contributed by atoms with Gasteiger partial charge in [0.05, 0.1) is 22.0 Å². The number of halogens is 2. The molecule has 0 aromatic carbocycles. The lowest BCUT2D eigenvalue weighted by Crippen LogP contribution is -2.46. The maximum absolute atomic E-state index is 11.9. The van der Waals surface area contributed by atoms with E-state index in [0.717, 1.165) is 25.9 Å². The van der Waals surface area contributed by atoms with E-state index in [2.05, 4.69) is 20.5 Å². The van der Waals surface area contributed by atoms with Crippen LogP contribution in [0.4, 0.5) is 11.6 Å². The number of nitrogens with one attached hydrogen (secondary N) is 2. The number of amides is 1. The molecule has 1 aromatic rings. The van der Waals surface area contributed by atoms with Crippen LogP contribution in [0.15, 0.2) is 6.07 Å². The third-order valence-electron chi connectivity index (χ3n) is 4.13. The summed E-state index contributed by atoms with van der Waals surface area (Å²) < 4.78 is 0. The predicted molar refractivity (Wildman–Crippen MR) is 85.3 cm³/mol. The van der Waals surface area contributed by atoms with Crippen molar-refractivity contribution in [1.82, 2.24) is 10.3 Å². The van der Waals surface area contributed by atoms with Gasteiger partial charge < -0.3 is 15.5 Å². The molecule has 2 atom stereocenters. The summed E-state index contributed by atoms with van der Waals surface area (Å²) in [6.45, 7) is 4.24. The lowest BCUT2D eigenvalue weighted by molar-refractivity contribution is -0.122. The molecule has 2 aliphatic heterocycles. The fourth-order valence-corrected chi connectivity index (χ4v) is 3.70. The monoisotopic (exact) mass is 328 g/mol. The first kappa shape index (κ1) is 14.7. The van der Waals surface area contributed by atoms with E-state index in [1.54, 1.807) is 6.07 Å². The van der Waals surface area contributed by atoms with Crippen molar-refractivity contribution in [3.63, 3.8) is 0 Å². The first-order valence-electron chi connectivity index (χ1n) is 7.26. The summed E-state index contributed by atoms with van der Waals surface area (Å²) in [5.41, 5.74) is 0. The van der Waals surface area contributed by atoms with Crippen LogP contribution in [0.5, 0.6) is 0 Å². The number of carbonyl (C=O) groups is 1. The number of hydrogen-bond donors (Lipinski definition) is 2. The lowest BCUT2D eigenvalue weighted by Gasteiger charge is -2.37. The molecule has 1 amide bonds. The second kappa shape index (κ2) is 5.89. The summed E-state index contributed by atoms with van der Waals surface area (Å²) in [5.74, 6) is 1.53. The smallest absolute Gasteiger partial charge is 0.225 e. The van der Waals surface area contributed by atoms with E-state index in [-0.39, 0.29) is 17.9 Å². The molecule has 2 saturated heterocycles. The standard InChI is InChI=1S/C14H18Cl2N4O/c1-2-17-12-9(15)6-10(16)13(19-12)20-5-3-4-8-11(20)7-18-14(8)21/h6,8,11H,2-5,7H2,1H3,(H,17,19)(H,18,21). The number of hydrogen-bond acceptors (Lipinski definition) is 4. The van der Waals surface area contributed by atoms with Crippen molar-refractivity contribution in [2.45, 2.75) is 25.8 Å². The molecule has 2 aliphatic rings. The first-order chi connectivity index (χ1) is 10.1. The molecule has 0 saturated carbocycles. The van der Waals surface area contributed by atoms with E-state index in [1.165, 1.54) is 0 Å². The molecule has 0 radical (unpaired) electrons. The molecule has 1 aromatic heterocycles. The summed E-state index contributed by atoms with van der Waals surface area (Å²) in [5, 5.41) is 7.12. The van der Waals surface area contributed by atoms with Crippen LogP contribution in [0, 0.1) is 5.92 Å². The van der Waals surface area contributed by atoms with Gasteiger partial charge in [-0.05, 0) is 25.8 Å². The summed E-state index contributed by atoms with van der Waals surface area (Å²) in [6, 6.07) is 1.85. The quantitative estimate of drug-likeness (QED) is 0.895. The molecule has 2 N–H and O–H groups in total. The van der Waals surface area contributed by atoms with Crippen molar-refractivity contribution in [3.05, 3.63) is 16.1 Å². The Bertz CT molecular complexity index is 566. The molecule has 5 nitrogen and oxygen atoms in total. The van der Waals surface area contributed by atoms with Gasteiger partial charge in [0.15, 0.2) is 0 Å². The number of rotatable bonds is 3. The van der Waals surface area contributed by atoms with Gasteiger partial charge in [0.2, 0.25) is 5.91 Å². The highest BCUT2D eigenvalue weighted by Crippen LogP contribution is 2.37. The average molecular weight is 329 g/mol. The SMILES string of the molecule is CCNc1nc(N2CCCC3C(=O)NCC32)c(Cl)cc1Cl. The third kappa shape index (κ3) is 2.64. The lowest BCUT2D eigenvalue weighted by atomic mass is 9.91. The van der Waals surface area contributed by atoms with Crippen LogP contribution in [-0.2, 0) is 4.79 Å². The zero-order valence-electron chi connectivity index (χ0n) is 11.8. The van der Waals surface area contributed by atoms with E-state index in [0.29, 0.717) is 28.2 Å². The van der Waals surface area contributed by atoms with Gasteiger partial charge in [0, 0.05) is 19.6 Å². The number of anilines is 2. The number of nitrogens with zero attached hydrogens (tertiary/aromatic N) is 2. The van der Waals surface area contributed by atoms with Gasteiger partial charge in [0.1, 0.15) is 11.6 Å². The molecule has 0 aliphatic carbocycles. The molecule has 7 heteroatoms. The Morgan fingerprint density at radius 2 is 2.29 bits per heavy atom. The first-order valence-corrected chi connectivity index (χ1v) is 8.01. The fourth-order valence-electron chi connectivity index (χ4n) is 3.16. The van der Waals surface area contributed by atoms with Crippen molar-refractivity contribution in [1.29, 1.82) is 0 Å². The van der Waals surface area contributed by atoms with E-state index >= 15 is 0 Å². The Morgan fingerprint density at radius 3 is 3.05 bits per heavy atom. The zero-order valence-corrected chi connectivity index (χ0v) is 13.3.